The Hall–Kier alpha value is -1.72. The third-order valence-electron chi connectivity index (χ3n) is 3.01. The van der Waals surface area contributed by atoms with E-state index in [2.05, 4.69) is 18.0 Å². The quantitative estimate of drug-likeness (QED) is 0.882. The molecule has 0 saturated heterocycles. The molecule has 1 aromatic carbocycles. The van der Waals surface area contributed by atoms with Crippen LogP contribution in [0.25, 0.3) is 0 Å². The highest BCUT2D eigenvalue weighted by Crippen LogP contribution is 2.17. The number of hydrogen-bond donors (Lipinski definition) is 1. The van der Waals surface area contributed by atoms with Crippen LogP contribution in [0, 0.1) is 6.92 Å². The summed E-state index contributed by atoms with van der Waals surface area (Å²) in [6, 6.07) is 8.90. The largest absolute Gasteiger partial charge is 0.294 e. The number of rotatable bonds is 3. The highest BCUT2D eigenvalue weighted by atomic mass is 32.2. The van der Waals surface area contributed by atoms with Crippen LogP contribution in [-0.2, 0) is 23.0 Å². The highest BCUT2D eigenvalue weighted by Gasteiger charge is 2.13. The molecule has 0 aliphatic rings. The van der Waals surface area contributed by atoms with Gasteiger partial charge < -0.3 is 0 Å². The van der Waals surface area contributed by atoms with Crippen molar-refractivity contribution in [3.63, 3.8) is 0 Å². The standard InChI is InChI=1S/C9H12O3S.C7H9N/c1-3-8-6-7(2)4-5-9(8)13(10,11)12;1-2-7-4-3-5-8-6-7/h4-6H,3H2,1-2H3,(H,10,11,12);3-6H,2H2,1H3. The summed E-state index contributed by atoms with van der Waals surface area (Å²) < 4.78 is 30.6. The van der Waals surface area contributed by atoms with Gasteiger partial charge in [0.25, 0.3) is 10.1 Å². The topological polar surface area (TPSA) is 67.3 Å². The van der Waals surface area contributed by atoms with Crippen LogP contribution >= 0.6 is 0 Å². The number of nitrogens with zero attached hydrogens (tertiary/aromatic N) is 1. The molecule has 4 nitrogen and oxygen atoms in total. The molecular weight excluding hydrogens is 286 g/mol. The second-order valence-electron chi connectivity index (χ2n) is 4.65. The molecule has 0 aliphatic carbocycles. The van der Waals surface area contributed by atoms with Gasteiger partial charge in [-0.15, -0.1) is 0 Å². The summed E-state index contributed by atoms with van der Waals surface area (Å²) in [5.41, 5.74) is 2.94. The van der Waals surface area contributed by atoms with Gasteiger partial charge in [0.1, 0.15) is 0 Å². The Morgan fingerprint density at radius 2 is 1.86 bits per heavy atom. The first-order chi connectivity index (χ1) is 9.88. The van der Waals surface area contributed by atoms with Crippen LogP contribution in [-0.4, -0.2) is 18.0 Å². The molecule has 0 bridgehead atoms. The monoisotopic (exact) mass is 307 g/mol. The second-order valence-corrected chi connectivity index (χ2v) is 6.04. The van der Waals surface area contributed by atoms with Gasteiger partial charge >= 0.3 is 0 Å². The number of aryl methyl sites for hydroxylation is 3. The van der Waals surface area contributed by atoms with Gasteiger partial charge in [0.15, 0.2) is 0 Å². The van der Waals surface area contributed by atoms with Crippen molar-refractivity contribution in [1.29, 1.82) is 0 Å². The summed E-state index contributed by atoms with van der Waals surface area (Å²) in [6.45, 7) is 5.85. The van der Waals surface area contributed by atoms with Crippen molar-refractivity contribution in [2.24, 2.45) is 0 Å². The van der Waals surface area contributed by atoms with E-state index >= 15 is 0 Å². The Kier molecular flexibility index (Phi) is 6.52. The van der Waals surface area contributed by atoms with Gasteiger partial charge in [0.2, 0.25) is 0 Å². The molecule has 5 heteroatoms. The molecule has 0 radical (unpaired) electrons. The fraction of sp³-hybridized carbons (Fsp3) is 0.312. The minimum absolute atomic E-state index is 0.0144. The normalized spacial score (nSPS) is 10.7. The zero-order valence-corrected chi connectivity index (χ0v) is 13.4. The van der Waals surface area contributed by atoms with E-state index in [4.69, 9.17) is 4.55 Å². The fourth-order valence-electron chi connectivity index (χ4n) is 1.84. The van der Waals surface area contributed by atoms with E-state index in [0.29, 0.717) is 12.0 Å². The Balaban J connectivity index is 0.000000235. The molecule has 0 aliphatic heterocycles. The van der Waals surface area contributed by atoms with Crippen molar-refractivity contribution in [3.05, 3.63) is 59.4 Å². The molecule has 0 amide bonds. The molecule has 2 aromatic rings. The van der Waals surface area contributed by atoms with E-state index in [1.54, 1.807) is 18.3 Å². The molecule has 1 heterocycles. The van der Waals surface area contributed by atoms with Crippen molar-refractivity contribution in [1.82, 2.24) is 4.98 Å². The van der Waals surface area contributed by atoms with Crippen LogP contribution in [0.5, 0.6) is 0 Å². The first-order valence-corrected chi connectivity index (χ1v) is 8.28. The lowest BCUT2D eigenvalue weighted by Crippen LogP contribution is -2.02. The minimum atomic E-state index is -4.06. The summed E-state index contributed by atoms with van der Waals surface area (Å²) in [5.74, 6) is 0. The van der Waals surface area contributed by atoms with Crippen LogP contribution < -0.4 is 0 Å². The molecule has 21 heavy (non-hydrogen) atoms. The van der Waals surface area contributed by atoms with Gasteiger partial charge in [-0.2, -0.15) is 8.42 Å². The zero-order valence-electron chi connectivity index (χ0n) is 12.6. The van der Waals surface area contributed by atoms with Crippen LogP contribution in [0.2, 0.25) is 0 Å². The third kappa shape index (κ3) is 5.65. The summed E-state index contributed by atoms with van der Waals surface area (Å²) in [4.78, 5) is 3.97. The second kappa shape index (κ2) is 7.90. The van der Waals surface area contributed by atoms with E-state index in [1.807, 2.05) is 26.1 Å². The van der Waals surface area contributed by atoms with E-state index in [9.17, 15) is 8.42 Å². The average molecular weight is 307 g/mol. The fourth-order valence-corrected chi connectivity index (χ4v) is 2.62. The average Bonchev–Trinajstić information content (AvgIpc) is 2.47. The van der Waals surface area contributed by atoms with Gasteiger partial charge in [-0.3, -0.25) is 9.54 Å². The van der Waals surface area contributed by atoms with Crippen LogP contribution in [0.1, 0.15) is 30.5 Å². The molecule has 0 atom stereocenters. The van der Waals surface area contributed by atoms with E-state index in [-0.39, 0.29) is 4.90 Å². The Morgan fingerprint density at radius 1 is 1.14 bits per heavy atom. The molecule has 1 aromatic heterocycles. The van der Waals surface area contributed by atoms with Gasteiger partial charge in [0.05, 0.1) is 4.90 Å². The van der Waals surface area contributed by atoms with E-state index in [0.717, 1.165) is 12.0 Å². The summed E-state index contributed by atoms with van der Waals surface area (Å²) in [7, 11) is -4.06. The number of benzene rings is 1. The van der Waals surface area contributed by atoms with Gasteiger partial charge in [-0.25, -0.2) is 0 Å². The maximum Gasteiger partial charge on any atom is 0.294 e. The third-order valence-corrected chi connectivity index (χ3v) is 3.96. The molecule has 114 valence electrons. The smallest absolute Gasteiger partial charge is 0.282 e. The SMILES string of the molecule is CCc1cc(C)ccc1S(=O)(=O)O.CCc1cccnc1. The Morgan fingerprint density at radius 3 is 2.29 bits per heavy atom. The van der Waals surface area contributed by atoms with E-state index in [1.165, 1.54) is 11.6 Å². The molecule has 0 fully saturated rings. The molecule has 0 unspecified atom stereocenters. The van der Waals surface area contributed by atoms with Crippen molar-refractivity contribution in [3.8, 4) is 0 Å². The first-order valence-electron chi connectivity index (χ1n) is 6.84. The van der Waals surface area contributed by atoms with Gasteiger partial charge in [-0.1, -0.05) is 37.6 Å². The first kappa shape index (κ1) is 17.3. The highest BCUT2D eigenvalue weighted by molar-refractivity contribution is 7.85. The van der Waals surface area contributed by atoms with Crippen molar-refractivity contribution in [2.45, 2.75) is 38.5 Å². The maximum atomic E-state index is 10.9. The van der Waals surface area contributed by atoms with Crippen LogP contribution in [0.3, 0.4) is 0 Å². The summed E-state index contributed by atoms with van der Waals surface area (Å²) in [6.07, 6.45) is 5.35. The minimum Gasteiger partial charge on any atom is -0.282 e. The number of pyridine rings is 1. The predicted molar refractivity (Wildman–Crippen MR) is 84.0 cm³/mol. The van der Waals surface area contributed by atoms with Crippen LogP contribution in [0.4, 0.5) is 0 Å². The predicted octanol–water partition coefficient (Wildman–Crippen LogP) is 3.45. The molecule has 1 N–H and O–H groups in total. The lowest BCUT2D eigenvalue weighted by Gasteiger charge is -2.05. The van der Waals surface area contributed by atoms with E-state index < -0.39 is 10.1 Å². The van der Waals surface area contributed by atoms with Crippen molar-refractivity contribution < 1.29 is 13.0 Å². The van der Waals surface area contributed by atoms with Gasteiger partial charge in [-0.05, 0) is 43.0 Å². The number of aromatic nitrogens is 1. The zero-order chi connectivity index (χ0) is 15.9. The Bertz CT molecular complexity index is 667. The van der Waals surface area contributed by atoms with Crippen molar-refractivity contribution >= 4 is 10.1 Å². The molecular formula is C16H21NO3S. The lowest BCUT2D eigenvalue weighted by molar-refractivity contribution is 0.482. The summed E-state index contributed by atoms with van der Waals surface area (Å²) >= 11 is 0. The lowest BCUT2D eigenvalue weighted by atomic mass is 10.1. The Labute approximate surface area is 126 Å². The molecule has 2 rings (SSSR count). The van der Waals surface area contributed by atoms with Crippen molar-refractivity contribution in [2.75, 3.05) is 0 Å². The molecule has 0 spiro atoms. The maximum absolute atomic E-state index is 10.9. The van der Waals surface area contributed by atoms with Gasteiger partial charge in [0, 0.05) is 12.4 Å². The molecule has 0 saturated carbocycles. The number of hydrogen-bond acceptors (Lipinski definition) is 3. The summed E-state index contributed by atoms with van der Waals surface area (Å²) in [5, 5.41) is 0. The van der Waals surface area contributed by atoms with Crippen LogP contribution in [0.15, 0.2) is 47.6 Å².